The molecule has 0 spiro atoms. The predicted molar refractivity (Wildman–Crippen MR) is 74.6 cm³/mol. The van der Waals surface area contributed by atoms with E-state index in [2.05, 4.69) is 20.9 Å². The predicted octanol–water partition coefficient (Wildman–Crippen LogP) is 0.579. The monoisotopic (exact) mass is 280 g/mol. The van der Waals surface area contributed by atoms with Crippen molar-refractivity contribution >= 4 is 12.0 Å². The summed E-state index contributed by atoms with van der Waals surface area (Å²) >= 11 is 0. The number of rotatable bonds is 8. The molecule has 1 aromatic rings. The van der Waals surface area contributed by atoms with Gasteiger partial charge in [0.25, 0.3) is 0 Å². The maximum Gasteiger partial charge on any atom is 0.335 e. The molecule has 0 saturated heterocycles. The summed E-state index contributed by atoms with van der Waals surface area (Å²) in [4.78, 5) is 26.3. The van der Waals surface area contributed by atoms with Crippen molar-refractivity contribution in [1.29, 1.82) is 0 Å². The molecule has 1 aromatic heterocycles. The molecule has 0 aliphatic heterocycles. The molecule has 0 saturated carbocycles. The molecule has 0 aliphatic rings. The van der Waals surface area contributed by atoms with Gasteiger partial charge in [-0.05, 0) is 31.6 Å². The van der Waals surface area contributed by atoms with E-state index in [1.807, 2.05) is 6.92 Å². The summed E-state index contributed by atoms with van der Waals surface area (Å²) in [5.41, 5.74) is 0.663. The van der Waals surface area contributed by atoms with Crippen molar-refractivity contribution in [2.24, 2.45) is 0 Å². The van der Waals surface area contributed by atoms with Crippen molar-refractivity contribution in [3.05, 3.63) is 29.6 Å². The van der Waals surface area contributed by atoms with Gasteiger partial charge in [0, 0.05) is 12.7 Å². The van der Waals surface area contributed by atoms with Gasteiger partial charge in [-0.1, -0.05) is 6.92 Å². The van der Waals surface area contributed by atoms with Gasteiger partial charge in [-0.25, -0.2) is 9.59 Å². The molecular weight excluding hydrogens is 260 g/mol. The number of carboxylic acids is 1. The fourth-order valence-electron chi connectivity index (χ4n) is 1.53. The highest BCUT2D eigenvalue weighted by Gasteiger charge is 2.05. The summed E-state index contributed by atoms with van der Waals surface area (Å²) in [5.74, 6) is -1.01. The first-order valence-corrected chi connectivity index (χ1v) is 6.54. The molecule has 2 amide bonds. The van der Waals surface area contributed by atoms with E-state index in [0.29, 0.717) is 12.2 Å². The molecule has 0 radical (unpaired) electrons. The molecule has 7 heteroatoms. The average Bonchev–Trinajstić information content (AvgIpc) is 2.45. The van der Waals surface area contributed by atoms with Crippen LogP contribution in [0.25, 0.3) is 0 Å². The standard InChI is InChI=1S/C13H20N4O3/c1-2-14-5-3-6-16-13(20)17-9-11-8-10(12(18)19)4-7-15-11/h4,7-8,14H,2-3,5-6,9H2,1H3,(H,18,19)(H2,16,17,20). The summed E-state index contributed by atoms with van der Waals surface area (Å²) < 4.78 is 0. The summed E-state index contributed by atoms with van der Waals surface area (Å²) in [5, 5.41) is 17.3. The number of carbonyl (C=O) groups is 2. The Morgan fingerprint density at radius 3 is 2.80 bits per heavy atom. The molecule has 0 aliphatic carbocycles. The molecular formula is C13H20N4O3. The van der Waals surface area contributed by atoms with Crippen LogP contribution in [-0.4, -0.2) is 41.7 Å². The summed E-state index contributed by atoms with van der Waals surface area (Å²) in [7, 11) is 0. The summed E-state index contributed by atoms with van der Waals surface area (Å²) in [6, 6.07) is 2.56. The largest absolute Gasteiger partial charge is 0.478 e. The van der Waals surface area contributed by atoms with Crippen LogP contribution in [0.2, 0.25) is 0 Å². The van der Waals surface area contributed by atoms with Crippen LogP contribution in [0.3, 0.4) is 0 Å². The third kappa shape index (κ3) is 6.14. The van der Waals surface area contributed by atoms with Crippen LogP contribution in [0.4, 0.5) is 4.79 Å². The molecule has 0 aromatic carbocycles. The van der Waals surface area contributed by atoms with Crippen LogP contribution in [0.1, 0.15) is 29.4 Å². The molecule has 110 valence electrons. The topological polar surface area (TPSA) is 103 Å². The zero-order chi connectivity index (χ0) is 14.8. The number of urea groups is 1. The number of aromatic carboxylic acids is 1. The SMILES string of the molecule is CCNCCCNC(=O)NCc1cc(C(=O)O)ccn1. The van der Waals surface area contributed by atoms with E-state index in [4.69, 9.17) is 5.11 Å². The molecule has 7 nitrogen and oxygen atoms in total. The van der Waals surface area contributed by atoms with Gasteiger partial charge in [0.05, 0.1) is 17.8 Å². The second-order valence-electron chi connectivity index (χ2n) is 4.16. The Kier molecular flexibility index (Phi) is 7.05. The number of hydrogen-bond acceptors (Lipinski definition) is 4. The van der Waals surface area contributed by atoms with Crippen LogP contribution in [-0.2, 0) is 6.54 Å². The number of hydrogen-bond donors (Lipinski definition) is 4. The van der Waals surface area contributed by atoms with Crippen molar-refractivity contribution in [2.45, 2.75) is 19.9 Å². The van der Waals surface area contributed by atoms with Crippen molar-refractivity contribution in [2.75, 3.05) is 19.6 Å². The normalized spacial score (nSPS) is 10.1. The Morgan fingerprint density at radius 1 is 1.30 bits per heavy atom. The number of carbonyl (C=O) groups excluding carboxylic acids is 1. The lowest BCUT2D eigenvalue weighted by molar-refractivity contribution is 0.0696. The Morgan fingerprint density at radius 2 is 2.10 bits per heavy atom. The first-order chi connectivity index (χ1) is 9.63. The molecule has 0 bridgehead atoms. The number of nitrogens with one attached hydrogen (secondary N) is 3. The molecule has 1 rings (SSSR count). The van der Waals surface area contributed by atoms with Crippen LogP contribution < -0.4 is 16.0 Å². The Balaban J connectivity index is 2.27. The first-order valence-electron chi connectivity index (χ1n) is 6.54. The Hall–Kier alpha value is -2.15. The van der Waals surface area contributed by atoms with E-state index in [1.54, 1.807) is 0 Å². The third-order valence-electron chi connectivity index (χ3n) is 2.56. The van der Waals surface area contributed by atoms with Crippen LogP contribution in [0, 0.1) is 0 Å². The molecule has 0 unspecified atom stereocenters. The minimum Gasteiger partial charge on any atom is -0.478 e. The van der Waals surface area contributed by atoms with E-state index >= 15 is 0 Å². The Bertz CT molecular complexity index is 451. The minimum atomic E-state index is -1.01. The van der Waals surface area contributed by atoms with Crippen LogP contribution in [0.15, 0.2) is 18.3 Å². The van der Waals surface area contributed by atoms with Gasteiger partial charge < -0.3 is 21.1 Å². The summed E-state index contributed by atoms with van der Waals surface area (Å²) in [6.07, 6.45) is 2.27. The average molecular weight is 280 g/mol. The molecule has 4 N–H and O–H groups in total. The number of nitrogens with zero attached hydrogens (tertiary/aromatic N) is 1. The van der Waals surface area contributed by atoms with E-state index in [-0.39, 0.29) is 18.1 Å². The van der Waals surface area contributed by atoms with Crippen molar-refractivity contribution in [3.8, 4) is 0 Å². The zero-order valence-corrected chi connectivity index (χ0v) is 11.5. The van der Waals surface area contributed by atoms with E-state index in [9.17, 15) is 9.59 Å². The lowest BCUT2D eigenvalue weighted by Gasteiger charge is -2.07. The van der Waals surface area contributed by atoms with Crippen molar-refractivity contribution in [3.63, 3.8) is 0 Å². The van der Waals surface area contributed by atoms with Crippen LogP contribution >= 0.6 is 0 Å². The first kappa shape index (κ1) is 15.9. The third-order valence-corrected chi connectivity index (χ3v) is 2.56. The van der Waals surface area contributed by atoms with E-state index in [1.165, 1.54) is 18.3 Å². The van der Waals surface area contributed by atoms with Gasteiger partial charge in [-0.3, -0.25) is 4.98 Å². The van der Waals surface area contributed by atoms with E-state index in [0.717, 1.165) is 19.5 Å². The smallest absolute Gasteiger partial charge is 0.335 e. The second-order valence-corrected chi connectivity index (χ2v) is 4.16. The second kappa shape index (κ2) is 8.87. The maximum atomic E-state index is 11.5. The number of carboxylic acid groups (broad SMARTS) is 1. The minimum absolute atomic E-state index is 0.155. The summed E-state index contributed by atoms with van der Waals surface area (Å²) in [6.45, 7) is 4.58. The maximum absolute atomic E-state index is 11.5. The van der Waals surface area contributed by atoms with Gasteiger partial charge in [0.2, 0.25) is 0 Å². The highest BCUT2D eigenvalue weighted by molar-refractivity contribution is 5.87. The Labute approximate surface area is 117 Å². The highest BCUT2D eigenvalue weighted by atomic mass is 16.4. The van der Waals surface area contributed by atoms with E-state index < -0.39 is 5.97 Å². The highest BCUT2D eigenvalue weighted by Crippen LogP contribution is 2.01. The number of pyridine rings is 1. The fourth-order valence-corrected chi connectivity index (χ4v) is 1.53. The lowest BCUT2D eigenvalue weighted by Crippen LogP contribution is -2.36. The number of aromatic nitrogens is 1. The van der Waals surface area contributed by atoms with Crippen molar-refractivity contribution < 1.29 is 14.7 Å². The quantitative estimate of drug-likeness (QED) is 0.522. The van der Waals surface area contributed by atoms with Crippen molar-refractivity contribution in [1.82, 2.24) is 20.9 Å². The van der Waals surface area contributed by atoms with Crippen LogP contribution in [0.5, 0.6) is 0 Å². The van der Waals surface area contributed by atoms with Gasteiger partial charge in [0.1, 0.15) is 0 Å². The van der Waals surface area contributed by atoms with Gasteiger partial charge in [-0.15, -0.1) is 0 Å². The molecule has 0 atom stereocenters. The zero-order valence-electron chi connectivity index (χ0n) is 11.5. The molecule has 20 heavy (non-hydrogen) atoms. The fraction of sp³-hybridized carbons (Fsp3) is 0.462. The lowest BCUT2D eigenvalue weighted by atomic mass is 10.2. The van der Waals surface area contributed by atoms with Gasteiger partial charge in [-0.2, -0.15) is 0 Å². The molecule has 1 heterocycles. The molecule has 0 fully saturated rings. The number of amides is 2. The van der Waals surface area contributed by atoms with Gasteiger partial charge >= 0.3 is 12.0 Å². The van der Waals surface area contributed by atoms with Gasteiger partial charge in [0.15, 0.2) is 0 Å².